The molecule has 1 amide bonds. The van der Waals surface area contributed by atoms with Crippen molar-refractivity contribution in [2.45, 2.75) is 6.54 Å². The molecule has 4 N–H and O–H groups in total. The summed E-state index contributed by atoms with van der Waals surface area (Å²) in [5.74, 6) is -0.591. The summed E-state index contributed by atoms with van der Waals surface area (Å²) in [6.07, 6.45) is 1.30. The van der Waals surface area contributed by atoms with Crippen LogP contribution in [0, 0.1) is 0 Å². The van der Waals surface area contributed by atoms with Gasteiger partial charge < -0.3 is 11.5 Å². The van der Waals surface area contributed by atoms with E-state index in [1.807, 2.05) is 0 Å². The molecule has 0 radical (unpaired) electrons. The number of hydrogen-bond acceptors (Lipinski definition) is 4. The van der Waals surface area contributed by atoms with Gasteiger partial charge in [-0.15, -0.1) is 0 Å². The van der Waals surface area contributed by atoms with Crippen LogP contribution in [0.1, 0.15) is 0 Å². The number of primary amides is 1. The second-order valence-electron chi connectivity index (χ2n) is 3.42. The van der Waals surface area contributed by atoms with E-state index in [1.165, 1.54) is 12.4 Å². The topological polar surface area (TPSA) is 104 Å². The average Bonchev–Trinajstić information content (AvgIpc) is 2.22. The molecule has 0 spiro atoms. The summed E-state index contributed by atoms with van der Waals surface area (Å²) >= 11 is 0. The molecule has 1 heterocycles. The van der Waals surface area contributed by atoms with Crippen LogP contribution in [0.5, 0.6) is 0 Å². The molecular formula is C10H10N4O2. The number of nitrogens with two attached hydrogens (primary N) is 2. The van der Waals surface area contributed by atoms with Crippen LogP contribution in [-0.4, -0.2) is 15.5 Å². The van der Waals surface area contributed by atoms with E-state index >= 15 is 0 Å². The first-order valence-corrected chi connectivity index (χ1v) is 4.61. The monoisotopic (exact) mass is 218 g/mol. The fourth-order valence-electron chi connectivity index (χ4n) is 1.46. The van der Waals surface area contributed by atoms with Gasteiger partial charge in [0.15, 0.2) is 0 Å². The molecule has 0 saturated carbocycles. The summed E-state index contributed by atoms with van der Waals surface area (Å²) in [6, 6.07) is 4.84. The Balaban J connectivity index is 2.68. The lowest BCUT2D eigenvalue weighted by Crippen LogP contribution is -2.28. The Morgan fingerprint density at radius 3 is 2.88 bits per heavy atom. The number of anilines is 1. The highest BCUT2D eigenvalue weighted by Gasteiger charge is 2.05. The highest BCUT2D eigenvalue weighted by atomic mass is 16.2. The Hall–Kier alpha value is -2.37. The van der Waals surface area contributed by atoms with Crippen molar-refractivity contribution >= 4 is 22.5 Å². The molecule has 16 heavy (non-hydrogen) atoms. The van der Waals surface area contributed by atoms with Crippen LogP contribution >= 0.6 is 0 Å². The highest BCUT2D eigenvalue weighted by molar-refractivity contribution is 5.81. The lowest BCUT2D eigenvalue weighted by atomic mass is 10.2. The Kier molecular flexibility index (Phi) is 2.32. The van der Waals surface area contributed by atoms with Gasteiger partial charge in [-0.25, -0.2) is 4.98 Å². The number of amides is 1. The van der Waals surface area contributed by atoms with E-state index in [2.05, 4.69) is 4.98 Å². The minimum absolute atomic E-state index is 0.184. The Morgan fingerprint density at radius 1 is 1.44 bits per heavy atom. The molecule has 0 fully saturated rings. The van der Waals surface area contributed by atoms with E-state index in [-0.39, 0.29) is 12.1 Å². The molecule has 0 unspecified atom stereocenters. The van der Waals surface area contributed by atoms with E-state index in [9.17, 15) is 9.59 Å². The third-order valence-electron chi connectivity index (χ3n) is 2.17. The fraction of sp³-hybridized carbons (Fsp3) is 0.100. The van der Waals surface area contributed by atoms with Gasteiger partial charge in [-0.3, -0.25) is 14.2 Å². The number of carbonyl (C=O) groups is 1. The van der Waals surface area contributed by atoms with Gasteiger partial charge in [0, 0.05) is 5.69 Å². The molecule has 0 saturated heterocycles. The second-order valence-corrected chi connectivity index (χ2v) is 3.42. The fourth-order valence-corrected chi connectivity index (χ4v) is 1.46. The molecule has 2 aromatic rings. The van der Waals surface area contributed by atoms with Crippen molar-refractivity contribution in [1.29, 1.82) is 0 Å². The first kappa shape index (κ1) is 10.2. The van der Waals surface area contributed by atoms with Crippen molar-refractivity contribution in [3.63, 3.8) is 0 Å². The SMILES string of the molecule is NC(=O)Cn1cnc2ccc(N)cc2c1=O. The van der Waals surface area contributed by atoms with Gasteiger partial charge in [0.1, 0.15) is 6.54 Å². The number of fused-ring (bicyclic) bond motifs is 1. The first-order chi connectivity index (χ1) is 7.58. The molecule has 1 aromatic heterocycles. The zero-order valence-electron chi connectivity index (χ0n) is 8.38. The zero-order chi connectivity index (χ0) is 11.7. The summed E-state index contributed by atoms with van der Waals surface area (Å²) in [5.41, 5.74) is 11.3. The number of nitrogen functional groups attached to an aromatic ring is 1. The predicted octanol–water partition coefficient (Wildman–Crippen LogP) is -0.536. The molecule has 0 aliphatic rings. The number of nitrogens with zero attached hydrogens (tertiary/aromatic N) is 2. The number of carbonyl (C=O) groups excluding carboxylic acids is 1. The molecule has 1 aromatic carbocycles. The Labute approximate surface area is 90.5 Å². The number of benzene rings is 1. The predicted molar refractivity (Wildman–Crippen MR) is 59.6 cm³/mol. The summed E-state index contributed by atoms with van der Waals surface area (Å²) in [4.78, 5) is 26.6. The third kappa shape index (κ3) is 1.72. The summed E-state index contributed by atoms with van der Waals surface area (Å²) in [6.45, 7) is -0.184. The molecule has 0 aliphatic carbocycles. The van der Waals surface area contributed by atoms with Gasteiger partial charge in [0.2, 0.25) is 5.91 Å². The standard InChI is InChI=1S/C10H10N4O2/c11-6-1-2-8-7(3-6)10(16)14(5-13-8)4-9(12)15/h1-3,5H,4,11H2,(H2,12,15). The molecule has 0 bridgehead atoms. The van der Waals surface area contributed by atoms with Gasteiger partial charge >= 0.3 is 0 Å². The van der Waals surface area contributed by atoms with Gasteiger partial charge in [-0.2, -0.15) is 0 Å². The molecule has 6 nitrogen and oxygen atoms in total. The van der Waals surface area contributed by atoms with Crippen LogP contribution in [0.4, 0.5) is 5.69 Å². The largest absolute Gasteiger partial charge is 0.399 e. The van der Waals surface area contributed by atoms with Crippen LogP contribution in [0.3, 0.4) is 0 Å². The minimum atomic E-state index is -0.591. The zero-order valence-corrected chi connectivity index (χ0v) is 8.38. The van der Waals surface area contributed by atoms with Crippen LogP contribution < -0.4 is 17.0 Å². The van der Waals surface area contributed by atoms with Gasteiger partial charge in [-0.1, -0.05) is 0 Å². The van der Waals surface area contributed by atoms with Crippen LogP contribution in [-0.2, 0) is 11.3 Å². The summed E-state index contributed by atoms with van der Waals surface area (Å²) < 4.78 is 1.16. The lowest BCUT2D eigenvalue weighted by molar-refractivity contribution is -0.118. The van der Waals surface area contributed by atoms with Crippen molar-refractivity contribution in [1.82, 2.24) is 9.55 Å². The second kappa shape index (κ2) is 3.65. The third-order valence-corrected chi connectivity index (χ3v) is 2.17. The van der Waals surface area contributed by atoms with Crippen molar-refractivity contribution in [2.24, 2.45) is 5.73 Å². The van der Waals surface area contributed by atoms with E-state index in [1.54, 1.807) is 12.1 Å². The first-order valence-electron chi connectivity index (χ1n) is 4.61. The maximum Gasteiger partial charge on any atom is 0.261 e. The van der Waals surface area contributed by atoms with Gasteiger partial charge in [0.05, 0.1) is 17.2 Å². The van der Waals surface area contributed by atoms with Crippen LogP contribution in [0.15, 0.2) is 29.3 Å². The summed E-state index contributed by atoms with van der Waals surface area (Å²) in [5, 5.41) is 0.378. The summed E-state index contributed by atoms with van der Waals surface area (Å²) in [7, 11) is 0. The quantitative estimate of drug-likeness (QED) is 0.661. The van der Waals surface area contributed by atoms with E-state index in [0.29, 0.717) is 16.6 Å². The molecule has 0 aliphatic heterocycles. The normalized spacial score (nSPS) is 10.5. The van der Waals surface area contributed by atoms with Crippen molar-refractivity contribution in [3.8, 4) is 0 Å². The minimum Gasteiger partial charge on any atom is -0.399 e. The highest BCUT2D eigenvalue weighted by Crippen LogP contribution is 2.10. The Bertz CT molecular complexity index is 618. The maximum atomic E-state index is 11.9. The molecule has 6 heteroatoms. The molecule has 2 rings (SSSR count). The van der Waals surface area contributed by atoms with E-state index in [4.69, 9.17) is 11.5 Å². The van der Waals surface area contributed by atoms with Crippen molar-refractivity contribution < 1.29 is 4.79 Å². The van der Waals surface area contributed by atoms with Gasteiger partial charge in [-0.05, 0) is 18.2 Å². The van der Waals surface area contributed by atoms with E-state index in [0.717, 1.165) is 4.57 Å². The average molecular weight is 218 g/mol. The number of hydrogen-bond donors (Lipinski definition) is 2. The number of rotatable bonds is 2. The van der Waals surface area contributed by atoms with Crippen molar-refractivity contribution in [3.05, 3.63) is 34.9 Å². The molecular weight excluding hydrogens is 208 g/mol. The van der Waals surface area contributed by atoms with Crippen LogP contribution in [0.25, 0.3) is 10.9 Å². The smallest absolute Gasteiger partial charge is 0.261 e. The lowest BCUT2D eigenvalue weighted by Gasteiger charge is -2.04. The van der Waals surface area contributed by atoms with Crippen molar-refractivity contribution in [2.75, 3.05) is 5.73 Å². The van der Waals surface area contributed by atoms with E-state index < -0.39 is 5.91 Å². The van der Waals surface area contributed by atoms with Gasteiger partial charge in [0.25, 0.3) is 5.56 Å². The number of aromatic nitrogens is 2. The Morgan fingerprint density at radius 2 is 2.19 bits per heavy atom. The maximum absolute atomic E-state index is 11.9. The molecule has 0 atom stereocenters. The van der Waals surface area contributed by atoms with Crippen LogP contribution in [0.2, 0.25) is 0 Å². The molecule has 82 valence electrons.